The van der Waals surface area contributed by atoms with Gasteiger partial charge in [0.1, 0.15) is 5.58 Å². The van der Waals surface area contributed by atoms with Crippen molar-refractivity contribution in [2.24, 2.45) is 0 Å². The van der Waals surface area contributed by atoms with E-state index in [2.05, 4.69) is 4.98 Å². The molecule has 3 rings (SSSR count). The fourth-order valence-electron chi connectivity index (χ4n) is 1.96. The normalized spacial score (nSPS) is 11.0. The molecule has 19 heavy (non-hydrogen) atoms. The van der Waals surface area contributed by atoms with Crippen LogP contribution < -0.4 is 5.73 Å². The van der Waals surface area contributed by atoms with E-state index in [9.17, 15) is 4.79 Å². The lowest BCUT2D eigenvalue weighted by Crippen LogP contribution is -2.02. The van der Waals surface area contributed by atoms with Crippen LogP contribution in [0, 0.1) is 6.92 Å². The summed E-state index contributed by atoms with van der Waals surface area (Å²) >= 11 is 1.33. The number of fused-ring (bicyclic) bond motifs is 1. The maximum absolute atomic E-state index is 12.1. The lowest BCUT2D eigenvalue weighted by Gasteiger charge is -1.93. The molecule has 1 aromatic carbocycles. The summed E-state index contributed by atoms with van der Waals surface area (Å²) in [6.07, 6.45) is 0.215. The molecule has 5 heteroatoms. The summed E-state index contributed by atoms with van der Waals surface area (Å²) in [6.45, 7) is 2.01. The van der Waals surface area contributed by atoms with Crippen LogP contribution in [0.25, 0.3) is 11.0 Å². The summed E-state index contributed by atoms with van der Waals surface area (Å²) in [6, 6.07) is 7.61. The molecule has 4 nitrogen and oxygen atoms in total. The Morgan fingerprint density at radius 3 is 3.00 bits per heavy atom. The molecule has 0 unspecified atom stereocenters. The highest BCUT2D eigenvalue weighted by atomic mass is 32.1. The van der Waals surface area contributed by atoms with Gasteiger partial charge < -0.3 is 10.2 Å². The zero-order valence-electron chi connectivity index (χ0n) is 10.3. The van der Waals surface area contributed by atoms with Gasteiger partial charge in [0.25, 0.3) is 0 Å². The first-order valence-electron chi connectivity index (χ1n) is 5.85. The van der Waals surface area contributed by atoms with E-state index in [1.807, 2.05) is 25.1 Å². The number of carbonyl (C=O) groups is 1. The molecule has 96 valence electrons. The Hall–Kier alpha value is -2.14. The molecule has 0 aliphatic rings. The van der Waals surface area contributed by atoms with E-state index >= 15 is 0 Å². The monoisotopic (exact) mass is 272 g/mol. The molecule has 0 saturated heterocycles. The van der Waals surface area contributed by atoms with E-state index in [0.717, 1.165) is 16.5 Å². The number of benzene rings is 1. The lowest BCUT2D eigenvalue weighted by molar-refractivity contribution is 0.0967. The molecule has 0 spiro atoms. The Bertz CT molecular complexity index is 758. The fraction of sp³-hybridized carbons (Fsp3) is 0.143. The van der Waals surface area contributed by atoms with Crippen molar-refractivity contribution in [3.63, 3.8) is 0 Å². The van der Waals surface area contributed by atoms with E-state index in [0.29, 0.717) is 16.6 Å². The molecule has 3 aromatic rings. The first kappa shape index (κ1) is 11.9. The first-order valence-corrected chi connectivity index (χ1v) is 6.73. The predicted molar refractivity (Wildman–Crippen MR) is 75.5 cm³/mol. The number of anilines is 1. The van der Waals surface area contributed by atoms with Crippen molar-refractivity contribution in [3.8, 4) is 0 Å². The summed E-state index contributed by atoms with van der Waals surface area (Å²) in [4.78, 5) is 16.2. The zero-order valence-corrected chi connectivity index (χ0v) is 11.2. The third-order valence-electron chi connectivity index (χ3n) is 2.86. The Kier molecular flexibility index (Phi) is 2.83. The molecule has 0 aliphatic carbocycles. The highest BCUT2D eigenvalue weighted by molar-refractivity contribution is 7.13. The molecule has 0 amide bonds. The summed E-state index contributed by atoms with van der Waals surface area (Å²) in [5.41, 5.74) is 8.09. The summed E-state index contributed by atoms with van der Waals surface area (Å²) in [5.74, 6) is 0.284. The van der Waals surface area contributed by atoms with Crippen molar-refractivity contribution in [2.75, 3.05) is 5.73 Å². The van der Waals surface area contributed by atoms with E-state index < -0.39 is 0 Å². The van der Waals surface area contributed by atoms with Gasteiger partial charge in [0.2, 0.25) is 5.78 Å². The predicted octanol–water partition coefficient (Wildman–Crippen LogP) is 3.21. The number of Topliss-reactive ketones (excluding diaryl/α,β-unsaturated/α-hetero) is 1. The van der Waals surface area contributed by atoms with Crippen LogP contribution in [-0.4, -0.2) is 10.8 Å². The molecule has 0 saturated carbocycles. The standard InChI is InChI=1S/C14H12N2O2S/c1-8-2-3-12-9(4-8)5-13(18-12)11(17)6-10-7-19-14(15)16-10/h2-5,7H,6H2,1H3,(H2,15,16). The molecule has 0 radical (unpaired) electrons. The lowest BCUT2D eigenvalue weighted by atomic mass is 10.1. The third-order valence-corrected chi connectivity index (χ3v) is 3.58. The minimum Gasteiger partial charge on any atom is -0.453 e. The zero-order chi connectivity index (χ0) is 13.4. The number of furan rings is 1. The molecular weight excluding hydrogens is 260 g/mol. The van der Waals surface area contributed by atoms with Crippen molar-refractivity contribution in [3.05, 3.63) is 46.7 Å². The van der Waals surface area contributed by atoms with Gasteiger partial charge >= 0.3 is 0 Å². The molecule has 2 heterocycles. The number of nitrogens with two attached hydrogens (primary N) is 1. The van der Waals surface area contributed by atoms with Gasteiger partial charge in [-0.05, 0) is 25.1 Å². The second-order valence-corrected chi connectivity index (χ2v) is 5.32. The van der Waals surface area contributed by atoms with Crippen LogP contribution in [0.2, 0.25) is 0 Å². The van der Waals surface area contributed by atoms with Gasteiger partial charge in [0, 0.05) is 10.8 Å². The highest BCUT2D eigenvalue weighted by Gasteiger charge is 2.14. The number of ketones is 1. The Labute approximate surface area is 113 Å². The third kappa shape index (κ3) is 2.37. The second kappa shape index (κ2) is 4.51. The number of thiazole rings is 1. The van der Waals surface area contributed by atoms with Crippen molar-refractivity contribution < 1.29 is 9.21 Å². The average Bonchev–Trinajstić information content (AvgIpc) is 2.95. The van der Waals surface area contributed by atoms with E-state index in [-0.39, 0.29) is 12.2 Å². The largest absolute Gasteiger partial charge is 0.453 e. The first-order chi connectivity index (χ1) is 9.11. The Morgan fingerprint density at radius 1 is 1.42 bits per heavy atom. The minimum atomic E-state index is -0.0841. The Morgan fingerprint density at radius 2 is 2.26 bits per heavy atom. The Balaban J connectivity index is 1.89. The highest BCUT2D eigenvalue weighted by Crippen LogP contribution is 2.22. The molecule has 0 bridgehead atoms. The number of aromatic nitrogens is 1. The second-order valence-electron chi connectivity index (χ2n) is 4.43. The number of rotatable bonds is 3. The van der Waals surface area contributed by atoms with Crippen molar-refractivity contribution >= 4 is 33.2 Å². The van der Waals surface area contributed by atoms with Gasteiger partial charge in [-0.2, -0.15) is 0 Å². The van der Waals surface area contributed by atoms with Gasteiger partial charge in [0.05, 0.1) is 12.1 Å². The molecule has 2 aromatic heterocycles. The smallest absolute Gasteiger partial charge is 0.204 e. The van der Waals surface area contributed by atoms with Gasteiger partial charge in [-0.15, -0.1) is 11.3 Å². The van der Waals surface area contributed by atoms with Crippen LogP contribution in [0.3, 0.4) is 0 Å². The topological polar surface area (TPSA) is 69.1 Å². The van der Waals surface area contributed by atoms with Crippen molar-refractivity contribution in [1.82, 2.24) is 4.98 Å². The maximum Gasteiger partial charge on any atom is 0.204 e. The van der Waals surface area contributed by atoms with Crippen LogP contribution in [0.5, 0.6) is 0 Å². The van der Waals surface area contributed by atoms with Gasteiger partial charge in [-0.25, -0.2) is 4.98 Å². The van der Waals surface area contributed by atoms with Crippen LogP contribution in [0.1, 0.15) is 21.8 Å². The maximum atomic E-state index is 12.1. The average molecular weight is 272 g/mol. The van der Waals surface area contributed by atoms with Crippen molar-refractivity contribution in [2.45, 2.75) is 13.3 Å². The summed E-state index contributed by atoms with van der Waals surface area (Å²) in [7, 11) is 0. The number of aryl methyl sites for hydroxylation is 1. The number of hydrogen-bond donors (Lipinski definition) is 1. The van der Waals surface area contributed by atoms with E-state index in [1.165, 1.54) is 11.3 Å². The van der Waals surface area contributed by atoms with Crippen LogP contribution in [-0.2, 0) is 6.42 Å². The van der Waals surface area contributed by atoms with Gasteiger partial charge in [-0.1, -0.05) is 11.6 Å². The van der Waals surface area contributed by atoms with E-state index in [1.54, 1.807) is 11.4 Å². The van der Waals surface area contributed by atoms with Crippen LogP contribution in [0.4, 0.5) is 5.13 Å². The minimum absolute atomic E-state index is 0.0841. The van der Waals surface area contributed by atoms with Crippen LogP contribution >= 0.6 is 11.3 Å². The SMILES string of the molecule is Cc1ccc2oc(C(=O)Cc3csc(N)n3)cc2c1. The van der Waals surface area contributed by atoms with Crippen LogP contribution in [0.15, 0.2) is 34.1 Å². The number of hydrogen-bond acceptors (Lipinski definition) is 5. The summed E-state index contributed by atoms with van der Waals surface area (Å²) < 4.78 is 5.56. The molecule has 0 aliphatic heterocycles. The summed E-state index contributed by atoms with van der Waals surface area (Å²) in [5, 5.41) is 3.21. The quantitative estimate of drug-likeness (QED) is 0.743. The van der Waals surface area contributed by atoms with Gasteiger partial charge in [0.15, 0.2) is 10.9 Å². The number of nitrogens with zero attached hydrogens (tertiary/aromatic N) is 1. The molecule has 2 N–H and O–H groups in total. The molecular formula is C14H12N2O2S. The molecule has 0 atom stereocenters. The fourth-order valence-corrected chi connectivity index (χ4v) is 2.52. The van der Waals surface area contributed by atoms with Gasteiger partial charge in [-0.3, -0.25) is 4.79 Å². The number of nitrogen functional groups attached to an aromatic ring is 1. The van der Waals surface area contributed by atoms with Crippen molar-refractivity contribution in [1.29, 1.82) is 0 Å². The van der Waals surface area contributed by atoms with E-state index in [4.69, 9.17) is 10.2 Å². The molecule has 0 fully saturated rings. The number of carbonyl (C=O) groups excluding carboxylic acids is 1.